The number of anilines is 1. The summed E-state index contributed by atoms with van der Waals surface area (Å²) in [7, 11) is 0. The fourth-order valence-electron chi connectivity index (χ4n) is 1.19. The molecule has 106 valence electrons. The highest BCUT2D eigenvalue weighted by Gasteiger charge is 2.27. The quantitative estimate of drug-likeness (QED) is 0.587. The van der Waals surface area contributed by atoms with E-state index in [1.165, 1.54) is 18.3 Å². The predicted molar refractivity (Wildman–Crippen MR) is 62.5 cm³/mol. The minimum atomic E-state index is -4.68. The monoisotopic (exact) mass is 306 g/mol. The molecular weight excluding hydrogens is 301 g/mol. The second kappa shape index (κ2) is 5.43. The first-order valence-electron chi connectivity index (χ1n) is 5.00. The van der Waals surface area contributed by atoms with Crippen molar-refractivity contribution in [1.82, 2.24) is 25.4 Å². The third kappa shape index (κ3) is 3.90. The Hall–Kier alpha value is -2.20. The van der Waals surface area contributed by atoms with Gasteiger partial charge in [0, 0.05) is 11.2 Å². The van der Waals surface area contributed by atoms with Gasteiger partial charge < -0.3 is 5.11 Å². The highest BCUT2D eigenvalue weighted by Crippen LogP contribution is 2.19. The average molecular weight is 307 g/mol. The van der Waals surface area contributed by atoms with E-state index >= 15 is 0 Å². The molecule has 0 atom stereocenters. The Labute approximate surface area is 114 Å². The standard InChI is InChI=1S/C9H6ClF3N6O/c10-4-1-2-14-5(3-4)6-15-7(17-8(20)16-6)18-19-9(11,12)13/h1-3,19H,(H2,15,16,17,18,20). The molecule has 7 nitrogen and oxygen atoms in total. The molecule has 3 N–H and O–H groups in total. The molecule has 0 aliphatic heterocycles. The van der Waals surface area contributed by atoms with Gasteiger partial charge in [0.1, 0.15) is 5.69 Å². The van der Waals surface area contributed by atoms with Crippen LogP contribution in [0.2, 0.25) is 5.02 Å². The van der Waals surface area contributed by atoms with E-state index in [4.69, 9.17) is 11.6 Å². The molecule has 0 aliphatic rings. The summed E-state index contributed by atoms with van der Waals surface area (Å²) in [5.41, 5.74) is 2.86. The summed E-state index contributed by atoms with van der Waals surface area (Å²) >= 11 is 5.74. The Balaban J connectivity index is 2.29. The molecule has 0 amide bonds. The van der Waals surface area contributed by atoms with Gasteiger partial charge in [0.05, 0.1) is 0 Å². The number of alkyl halides is 3. The second-order valence-electron chi connectivity index (χ2n) is 3.39. The number of aromatic hydroxyl groups is 1. The lowest BCUT2D eigenvalue weighted by Crippen LogP contribution is -2.37. The summed E-state index contributed by atoms with van der Waals surface area (Å²) in [5.74, 6) is -0.655. The van der Waals surface area contributed by atoms with E-state index in [9.17, 15) is 18.3 Å². The Kier molecular flexibility index (Phi) is 3.86. The van der Waals surface area contributed by atoms with Crippen LogP contribution in [0.3, 0.4) is 0 Å². The lowest BCUT2D eigenvalue weighted by molar-refractivity contribution is -0.151. The third-order valence-electron chi connectivity index (χ3n) is 1.89. The minimum Gasteiger partial charge on any atom is -0.479 e. The van der Waals surface area contributed by atoms with Gasteiger partial charge in [-0.15, -0.1) is 5.43 Å². The second-order valence-corrected chi connectivity index (χ2v) is 3.83. The van der Waals surface area contributed by atoms with Gasteiger partial charge in [0.15, 0.2) is 5.82 Å². The van der Waals surface area contributed by atoms with Crippen LogP contribution in [-0.4, -0.2) is 31.3 Å². The fraction of sp³-hybridized carbons (Fsp3) is 0.111. The molecule has 0 aromatic carbocycles. The van der Waals surface area contributed by atoms with E-state index in [-0.39, 0.29) is 11.5 Å². The van der Waals surface area contributed by atoms with Gasteiger partial charge in [-0.1, -0.05) is 11.6 Å². The van der Waals surface area contributed by atoms with E-state index < -0.39 is 18.3 Å². The molecule has 0 saturated carbocycles. The number of halogens is 4. The molecule has 0 radical (unpaired) electrons. The average Bonchev–Trinajstić information content (AvgIpc) is 2.35. The third-order valence-corrected chi connectivity index (χ3v) is 2.13. The molecule has 2 aromatic heterocycles. The van der Waals surface area contributed by atoms with Crippen molar-refractivity contribution in [3.63, 3.8) is 0 Å². The van der Waals surface area contributed by atoms with Gasteiger partial charge in [0.25, 0.3) is 0 Å². The number of nitrogens with zero attached hydrogens (tertiary/aromatic N) is 4. The van der Waals surface area contributed by atoms with E-state index in [1.807, 2.05) is 0 Å². The van der Waals surface area contributed by atoms with Crippen LogP contribution in [-0.2, 0) is 0 Å². The van der Waals surface area contributed by atoms with Gasteiger partial charge >= 0.3 is 12.3 Å². The summed E-state index contributed by atoms with van der Waals surface area (Å²) in [6.07, 6.45) is -3.32. The van der Waals surface area contributed by atoms with Crippen LogP contribution >= 0.6 is 11.6 Å². The molecule has 2 aromatic rings. The maximum absolute atomic E-state index is 12.0. The Morgan fingerprint density at radius 3 is 2.60 bits per heavy atom. The normalized spacial score (nSPS) is 11.4. The molecule has 11 heteroatoms. The zero-order valence-corrected chi connectivity index (χ0v) is 10.2. The summed E-state index contributed by atoms with van der Waals surface area (Å²) < 4.78 is 35.9. The number of pyridine rings is 1. The van der Waals surface area contributed by atoms with E-state index in [1.54, 1.807) is 5.43 Å². The Bertz CT molecular complexity index is 623. The molecule has 2 heterocycles. The summed E-state index contributed by atoms with van der Waals surface area (Å²) in [6.45, 7) is 0. The number of nitrogens with one attached hydrogen (secondary N) is 2. The molecule has 0 aliphatic carbocycles. The number of rotatable bonds is 3. The zero-order valence-electron chi connectivity index (χ0n) is 9.48. The van der Waals surface area contributed by atoms with E-state index in [0.29, 0.717) is 5.02 Å². The molecular formula is C9H6ClF3N6O. The van der Waals surface area contributed by atoms with Crippen LogP contribution < -0.4 is 10.9 Å². The van der Waals surface area contributed by atoms with Crippen molar-refractivity contribution < 1.29 is 18.3 Å². The lowest BCUT2D eigenvalue weighted by Gasteiger charge is -2.10. The summed E-state index contributed by atoms with van der Waals surface area (Å²) in [6, 6.07) is 2.12. The van der Waals surface area contributed by atoms with Crippen molar-refractivity contribution in [2.45, 2.75) is 6.30 Å². The number of hydrogen-bond acceptors (Lipinski definition) is 7. The number of hydrazine groups is 1. The van der Waals surface area contributed by atoms with Gasteiger partial charge in [-0.3, -0.25) is 10.4 Å². The van der Waals surface area contributed by atoms with Crippen molar-refractivity contribution >= 4 is 17.5 Å². The largest absolute Gasteiger partial charge is 0.479 e. The maximum Gasteiger partial charge on any atom is 0.474 e. The lowest BCUT2D eigenvalue weighted by atomic mass is 10.3. The van der Waals surface area contributed by atoms with Crippen LogP contribution in [0.1, 0.15) is 0 Å². The molecule has 2 rings (SSSR count). The number of aromatic nitrogens is 4. The zero-order chi connectivity index (χ0) is 14.8. The molecule has 0 unspecified atom stereocenters. The van der Waals surface area contributed by atoms with Gasteiger partial charge in [-0.2, -0.15) is 28.1 Å². The van der Waals surface area contributed by atoms with Crippen molar-refractivity contribution in [1.29, 1.82) is 0 Å². The molecule has 20 heavy (non-hydrogen) atoms. The van der Waals surface area contributed by atoms with Crippen molar-refractivity contribution in [3.05, 3.63) is 23.4 Å². The first kappa shape index (κ1) is 14.2. The van der Waals surface area contributed by atoms with Crippen molar-refractivity contribution in [2.75, 3.05) is 5.43 Å². The predicted octanol–water partition coefficient (Wildman–Crippen LogP) is 1.73. The molecule has 0 saturated heterocycles. The highest BCUT2D eigenvalue weighted by atomic mass is 35.5. The molecule has 0 fully saturated rings. The fourth-order valence-corrected chi connectivity index (χ4v) is 1.35. The Morgan fingerprint density at radius 2 is 1.95 bits per heavy atom. The SMILES string of the molecule is Oc1nc(NNC(F)(F)F)nc(-c2cc(Cl)ccn2)n1. The topological polar surface area (TPSA) is 95.9 Å². The van der Waals surface area contributed by atoms with Crippen molar-refractivity contribution in [3.8, 4) is 17.5 Å². The summed E-state index contributed by atoms with van der Waals surface area (Å²) in [5, 5.41) is 9.61. The number of hydrogen-bond donors (Lipinski definition) is 3. The van der Waals surface area contributed by atoms with Crippen molar-refractivity contribution in [2.24, 2.45) is 0 Å². The minimum absolute atomic E-state index is 0.133. The highest BCUT2D eigenvalue weighted by molar-refractivity contribution is 6.30. The van der Waals surface area contributed by atoms with Crippen LogP contribution in [0, 0.1) is 0 Å². The van der Waals surface area contributed by atoms with Gasteiger partial charge in [0.2, 0.25) is 5.95 Å². The van der Waals surface area contributed by atoms with E-state index in [0.717, 1.165) is 5.43 Å². The van der Waals surface area contributed by atoms with Gasteiger partial charge in [-0.25, -0.2) is 0 Å². The molecule has 0 spiro atoms. The maximum atomic E-state index is 12.0. The van der Waals surface area contributed by atoms with Crippen LogP contribution in [0.25, 0.3) is 11.5 Å². The smallest absolute Gasteiger partial charge is 0.474 e. The van der Waals surface area contributed by atoms with Gasteiger partial charge in [-0.05, 0) is 12.1 Å². The first-order valence-corrected chi connectivity index (χ1v) is 5.38. The Morgan fingerprint density at radius 1 is 1.20 bits per heavy atom. The van der Waals surface area contributed by atoms with Crippen LogP contribution in [0.15, 0.2) is 18.3 Å². The first-order chi connectivity index (χ1) is 9.33. The van der Waals surface area contributed by atoms with Crippen LogP contribution in [0.4, 0.5) is 19.1 Å². The molecule has 0 bridgehead atoms. The van der Waals surface area contributed by atoms with E-state index in [2.05, 4.69) is 19.9 Å². The summed E-state index contributed by atoms with van der Waals surface area (Å²) in [4.78, 5) is 14.4. The van der Waals surface area contributed by atoms with Crippen LogP contribution in [0.5, 0.6) is 6.01 Å².